The van der Waals surface area contributed by atoms with Gasteiger partial charge in [0, 0.05) is 11.7 Å². The van der Waals surface area contributed by atoms with Gasteiger partial charge in [0.1, 0.15) is 0 Å². The lowest BCUT2D eigenvalue weighted by molar-refractivity contribution is -0.147. The minimum atomic E-state index is -1.11. The lowest BCUT2D eigenvalue weighted by atomic mass is 9.63. The van der Waals surface area contributed by atoms with E-state index in [4.69, 9.17) is 9.47 Å². The minimum absolute atomic E-state index is 0.0294. The van der Waals surface area contributed by atoms with E-state index in [2.05, 4.69) is 48.9 Å². The summed E-state index contributed by atoms with van der Waals surface area (Å²) < 4.78 is 10.9. The molecule has 0 spiro atoms. The Balaban J connectivity index is 1.90. The molecule has 3 rings (SSSR count). The number of carboxylic acid groups (broad SMARTS) is 1. The Bertz CT molecular complexity index is 1030. The Kier molecular flexibility index (Phi) is 7.49. The van der Waals surface area contributed by atoms with Crippen molar-refractivity contribution in [2.45, 2.75) is 66.0 Å². The maximum Gasteiger partial charge on any atom is 0.349 e. The van der Waals surface area contributed by atoms with Crippen molar-refractivity contribution in [2.75, 3.05) is 12.4 Å². The molecule has 180 valence electrons. The summed E-state index contributed by atoms with van der Waals surface area (Å²) in [6.07, 6.45) is 2.45. The second-order valence-electron chi connectivity index (χ2n) is 10.3. The van der Waals surface area contributed by atoms with E-state index in [9.17, 15) is 14.7 Å². The van der Waals surface area contributed by atoms with Gasteiger partial charge in [-0.3, -0.25) is 0 Å². The van der Waals surface area contributed by atoms with Crippen LogP contribution in [0.3, 0.4) is 0 Å². The number of halogens is 1. The number of benzene rings is 1. The number of ether oxygens (including phenoxy) is 2. The number of aromatic carboxylic acids is 1. The number of carboxylic acids is 1. The second kappa shape index (κ2) is 9.66. The third-order valence-electron chi connectivity index (χ3n) is 5.88. The number of rotatable bonds is 7. The van der Waals surface area contributed by atoms with Gasteiger partial charge in [-0.1, -0.05) is 39.8 Å². The fourth-order valence-electron chi connectivity index (χ4n) is 5.15. The predicted molar refractivity (Wildman–Crippen MR) is 135 cm³/mol. The molecule has 33 heavy (non-hydrogen) atoms. The van der Waals surface area contributed by atoms with E-state index in [1.54, 1.807) is 0 Å². The molecule has 0 amide bonds. The second-order valence-corrected chi connectivity index (χ2v) is 12.1. The van der Waals surface area contributed by atoms with Gasteiger partial charge >= 0.3 is 11.9 Å². The highest BCUT2D eigenvalue weighted by atomic mass is 79.9. The highest BCUT2D eigenvalue weighted by Crippen LogP contribution is 2.48. The standard InChI is InChI=1S/C25H32BrNO5S/c1-14(23(30)31-6)32-19-18(26)20(33-21(19)22(28)29)15-8-7-9-16(10-15)27-17-11-24(2,3)13-25(4,5)12-17/h7-10,14,17,27H,11-13H2,1-6H3,(H,28,29). The van der Waals surface area contributed by atoms with Crippen LogP contribution in [-0.2, 0) is 9.53 Å². The summed E-state index contributed by atoms with van der Waals surface area (Å²) in [5, 5.41) is 13.4. The molecule has 2 N–H and O–H groups in total. The van der Waals surface area contributed by atoms with Crippen LogP contribution in [0.15, 0.2) is 28.7 Å². The van der Waals surface area contributed by atoms with E-state index in [0.29, 0.717) is 10.5 Å². The van der Waals surface area contributed by atoms with E-state index in [0.717, 1.165) is 40.3 Å². The smallest absolute Gasteiger partial charge is 0.349 e. The van der Waals surface area contributed by atoms with Crippen LogP contribution in [0.1, 0.15) is 63.6 Å². The Labute approximate surface area is 207 Å². The Morgan fingerprint density at radius 2 is 1.85 bits per heavy atom. The van der Waals surface area contributed by atoms with E-state index in [1.807, 2.05) is 24.3 Å². The average molecular weight is 539 g/mol. The molecule has 1 aliphatic carbocycles. The summed E-state index contributed by atoms with van der Waals surface area (Å²) in [7, 11) is 1.27. The van der Waals surface area contributed by atoms with Gasteiger partial charge in [-0.15, -0.1) is 11.3 Å². The van der Waals surface area contributed by atoms with Gasteiger partial charge in [0.2, 0.25) is 0 Å². The molecule has 0 aliphatic heterocycles. The van der Waals surface area contributed by atoms with Crippen LogP contribution < -0.4 is 10.1 Å². The van der Waals surface area contributed by atoms with Crippen molar-refractivity contribution in [3.63, 3.8) is 0 Å². The molecule has 1 aromatic carbocycles. The molecule has 1 atom stereocenters. The van der Waals surface area contributed by atoms with Crippen LogP contribution in [-0.4, -0.2) is 36.3 Å². The molecule has 2 aromatic rings. The first kappa shape index (κ1) is 25.6. The van der Waals surface area contributed by atoms with Crippen LogP contribution in [0.4, 0.5) is 5.69 Å². The number of hydrogen-bond acceptors (Lipinski definition) is 6. The van der Waals surface area contributed by atoms with Crippen LogP contribution in [0.25, 0.3) is 10.4 Å². The zero-order valence-corrected chi connectivity index (χ0v) is 22.4. The lowest BCUT2D eigenvalue weighted by Gasteiger charge is -2.45. The molecule has 0 saturated heterocycles. The molecular weight excluding hydrogens is 506 g/mol. The number of carbonyl (C=O) groups excluding carboxylic acids is 1. The van der Waals surface area contributed by atoms with Crippen molar-refractivity contribution in [1.29, 1.82) is 0 Å². The first-order valence-corrected chi connectivity index (χ1v) is 12.6. The van der Waals surface area contributed by atoms with Gasteiger partial charge in [0.25, 0.3) is 0 Å². The summed E-state index contributed by atoms with van der Waals surface area (Å²) in [6, 6.07) is 8.33. The molecule has 1 aliphatic rings. The summed E-state index contributed by atoms with van der Waals surface area (Å²) in [5.41, 5.74) is 2.40. The van der Waals surface area contributed by atoms with Crippen molar-refractivity contribution in [1.82, 2.24) is 0 Å². The molecule has 8 heteroatoms. The first-order valence-electron chi connectivity index (χ1n) is 11.0. The molecule has 1 aromatic heterocycles. The summed E-state index contributed by atoms with van der Waals surface area (Å²) >= 11 is 4.62. The largest absolute Gasteiger partial charge is 0.477 e. The fourth-order valence-corrected chi connectivity index (χ4v) is 7.01. The number of nitrogens with one attached hydrogen (secondary N) is 1. The Hall–Kier alpha value is -2.06. The van der Waals surface area contributed by atoms with Crippen molar-refractivity contribution in [3.8, 4) is 16.2 Å². The quantitative estimate of drug-likeness (QED) is 0.376. The Morgan fingerprint density at radius 1 is 1.21 bits per heavy atom. The molecule has 0 bridgehead atoms. The zero-order chi connectivity index (χ0) is 24.6. The minimum Gasteiger partial charge on any atom is -0.477 e. The van der Waals surface area contributed by atoms with Gasteiger partial charge in [-0.25, -0.2) is 9.59 Å². The monoisotopic (exact) mass is 537 g/mol. The van der Waals surface area contributed by atoms with Gasteiger partial charge in [-0.05, 0) is 70.6 Å². The topological polar surface area (TPSA) is 84.9 Å². The van der Waals surface area contributed by atoms with E-state index < -0.39 is 18.0 Å². The fraction of sp³-hybridized carbons (Fsp3) is 0.520. The van der Waals surface area contributed by atoms with Crippen LogP contribution in [0, 0.1) is 10.8 Å². The summed E-state index contributed by atoms with van der Waals surface area (Å²) in [5.74, 6) is -1.55. The summed E-state index contributed by atoms with van der Waals surface area (Å²) in [6.45, 7) is 10.8. The van der Waals surface area contributed by atoms with E-state index in [1.165, 1.54) is 20.5 Å². The number of thiophene rings is 1. The van der Waals surface area contributed by atoms with E-state index >= 15 is 0 Å². The van der Waals surface area contributed by atoms with Gasteiger partial charge in [-0.2, -0.15) is 0 Å². The van der Waals surface area contributed by atoms with Crippen LogP contribution in [0.2, 0.25) is 0 Å². The molecule has 6 nitrogen and oxygen atoms in total. The maximum atomic E-state index is 11.9. The number of carbonyl (C=O) groups is 2. The molecule has 1 saturated carbocycles. The highest BCUT2D eigenvalue weighted by molar-refractivity contribution is 9.10. The number of anilines is 1. The van der Waals surface area contributed by atoms with E-state index in [-0.39, 0.29) is 21.5 Å². The molecule has 1 fully saturated rings. The molecule has 1 heterocycles. The number of hydrogen-bond donors (Lipinski definition) is 2. The van der Waals surface area contributed by atoms with Crippen LogP contribution in [0.5, 0.6) is 5.75 Å². The summed E-state index contributed by atoms with van der Waals surface area (Å²) in [4.78, 5) is 24.4. The van der Waals surface area contributed by atoms with Gasteiger partial charge < -0.3 is 19.9 Å². The zero-order valence-electron chi connectivity index (χ0n) is 20.0. The van der Waals surface area contributed by atoms with Gasteiger partial charge in [0.15, 0.2) is 16.7 Å². The molecule has 1 unspecified atom stereocenters. The van der Waals surface area contributed by atoms with Crippen molar-refractivity contribution >= 4 is 44.9 Å². The average Bonchev–Trinajstić information content (AvgIpc) is 3.01. The Morgan fingerprint density at radius 3 is 2.42 bits per heavy atom. The highest BCUT2D eigenvalue weighted by Gasteiger charge is 2.38. The van der Waals surface area contributed by atoms with Gasteiger partial charge in [0.05, 0.1) is 16.5 Å². The number of methoxy groups -OCH3 is 1. The van der Waals surface area contributed by atoms with Crippen molar-refractivity contribution in [2.24, 2.45) is 10.8 Å². The predicted octanol–water partition coefficient (Wildman–Crippen LogP) is 6.83. The number of esters is 1. The third kappa shape index (κ3) is 6.09. The van der Waals surface area contributed by atoms with Crippen molar-refractivity contribution < 1.29 is 24.2 Å². The van der Waals surface area contributed by atoms with Crippen molar-refractivity contribution in [3.05, 3.63) is 33.6 Å². The molecular formula is C25H32BrNO5S. The molecule has 0 radical (unpaired) electrons. The maximum absolute atomic E-state index is 11.9. The van der Waals surface area contributed by atoms with Crippen LogP contribution >= 0.6 is 27.3 Å². The first-order chi connectivity index (χ1) is 15.3. The third-order valence-corrected chi connectivity index (χ3v) is 8.11. The normalized spacial score (nSPS) is 18.4. The lowest BCUT2D eigenvalue weighted by Crippen LogP contribution is -2.40. The SMILES string of the molecule is COC(=O)C(C)Oc1c(C(=O)O)sc(-c2cccc(NC3CC(C)(C)CC(C)(C)C3)c2)c1Br.